The highest BCUT2D eigenvalue weighted by atomic mass is 16.6. The van der Waals surface area contributed by atoms with Crippen molar-refractivity contribution in [3.8, 4) is 0 Å². The van der Waals surface area contributed by atoms with Crippen molar-refractivity contribution in [2.45, 2.75) is 39.2 Å². The first-order chi connectivity index (χ1) is 13.4. The van der Waals surface area contributed by atoms with Gasteiger partial charge in [0.2, 0.25) is 0 Å². The van der Waals surface area contributed by atoms with Crippen LogP contribution in [0.3, 0.4) is 0 Å². The number of hydrogen-bond acceptors (Lipinski definition) is 8. The third-order valence-corrected chi connectivity index (χ3v) is 3.47. The summed E-state index contributed by atoms with van der Waals surface area (Å²) in [7, 11) is 0. The summed E-state index contributed by atoms with van der Waals surface area (Å²) >= 11 is 0. The second kappa shape index (κ2) is 11.7. The molecule has 28 heavy (non-hydrogen) atoms. The molecule has 2 aromatic rings. The number of fused-ring (bicyclic) bond motifs is 1. The lowest BCUT2D eigenvalue weighted by Crippen LogP contribution is -2.44. The molecule has 0 fully saturated rings. The summed E-state index contributed by atoms with van der Waals surface area (Å²) in [6, 6.07) is 7.94. The molecule has 0 aliphatic rings. The highest BCUT2D eigenvalue weighted by Gasteiger charge is 2.43. The van der Waals surface area contributed by atoms with Crippen molar-refractivity contribution < 1.29 is 33.7 Å². The molecule has 9 nitrogen and oxygen atoms in total. The van der Waals surface area contributed by atoms with Crippen molar-refractivity contribution in [3.05, 3.63) is 30.6 Å². The van der Waals surface area contributed by atoms with E-state index < -0.39 is 36.4 Å². The number of aromatic nitrogens is 2. The molecule has 0 bridgehead atoms. The van der Waals surface area contributed by atoms with E-state index >= 15 is 0 Å². The molecule has 0 unspecified atom stereocenters. The van der Waals surface area contributed by atoms with Gasteiger partial charge in [-0.3, -0.25) is 9.59 Å². The Morgan fingerprint density at radius 2 is 1.50 bits per heavy atom. The molecule has 0 radical (unpaired) electrons. The zero-order valence-corrected chi connectivity index (χ0v) is 16.3. The van der Waals surface area contributed by atoms with Crippen LogP contribution in [-0.4, -0.2) is 58.4 Å². The molecule has 0 saturated heterocycles. The predicted molar refractivity (Wildman–Crippen MR) is 100 cm³/mol. The minimum atomic E-state index is -2.26. The third-order valence-electron chi connectivity index (χ3n) is 3.47. The van der Waals surface area contributed by atoms with Crippen LogP contribution in [-0.2, 0) is 28.6 Å². The van der Waals surface area contributed by atoms with Crippen molar-refractivity contribution >= 4 is 28.9 Å². The van der Waals surface area contributed by atoms with Gasteiger partial charge in [0.15, 0.2) is 5.60 Å². The largest absolute Gasteiger partial charge is 0.466 e. The molecule has 9 heteroatoms. The SMILES string of the molecule is CCOC(=O)CC(O)(CC(=O)OCC)C(=O)OCC.c1ccc2[nH]cnc2c1. The van der Waals surface area contributed by atoms with Gasteiger partial charge in [-0.2, -0.15) is 0 Å². The summed E-state index contributed by atoms with van der Waals surface area (Å²) in [4.78, 5) is 41.5. The summed E-state index contributed by atoms with van der Waals surface area (Å²) in [6.45, 7) is 4.97. The molecule has 1 heterocycles. The van der Waals surface area contributed by atoms with Crippen molar-refractivity contribution in [2.24, 2.45) is 0 Å². The number of nitrogens with one attached hydrogen (secondary N) is 1. The Morgan fingerprint density at radius 1 is 0.964 bits per heavy atom. The van der Waals surface area contributed by atoms with Gasteiger partial charge >= 0.3 is 17.9 Å². The van der Waals surface area contributed by atoms with Gasteiger partial charge in [-0.25, -0.2) is 9.78 Å². The van der Waals surface area contributed by atoms with E-state index in [1.54, 1.807) is 27.1 Å². The number of benzene rings is 1. The van der Waals surface area contributed by atoms with E-state index in [4.69, 9.17) is 0 Å². The second-order valence-corrected chi connectivity index (χ2v) is 5.64. The first-order valence-corrected chi connectivity index (χ1v) is 8.95. The molecule has 154 valence electrons. The van der Waals surface area contributed by atoms with Crippen LogP contribution in [0.15, 0.2) is 30.6 Å². The fraction of sp³-hybridized carbons (Fsp3) is 0.474. The Hall–Kier alpha value is -2.94. The molecule has 1 aromatic carbocycles. The lowest BCUT2D eigenvalue weighted by molar-refractivity contribution is -0.177. The molecular formula is C19H26N2O7. The molecule has 0 atom stereocenters. The fourth-order valence-electron chi connectivity index (χ4n) is 2.25. The van der Waals surface area contributed by atoms with Gasteiger partial charge in [-0.05, 0) is 32.9 Å². The van der Waals surface area contributed by atoms with Crippen LogP contribution in [0.2, 0.25) is 0 Å². The monoisotopic (exact) mass is 394 g/mol. The number of aromatic amines is 1. The number of imidazole rings is 1. The standard InChI is InChI=1S/C12H20O7.C7H6N2/c1-4-17-9(13)7-12(16,11(15)19-6-3)8-10(14)18-5-2;1-2-4-7-6(3-1)8-5-9-7/h16H,4-8H2,1-3H3;1-5H,(H,8,9). The van der Waals surface area contributed by atoms with Crippen LogP contribution in [0, 0.1) is 0 Å². The number of para-hydroxylation sites is 2. The van der Waals surface area contributed by atoms with E-state index in [1.165, 1.54) is 0 Å². The first-order valence-electron chi connectivity index (χ1n) is 8.95. The van der Waals surface area contributed by atoms with Gasteiger partial charge < -0.3 is 24.3 Å². The lowest BCUT2D eigenvalue weighted by atomic mass is 9.95. The minimum Gasteiger partial charge on any atom is -0.466 e. The Bertz CT molecular complexity index is 722. The molecule has 0 spiro atoms. The number of H-pyrrole nitrogens is 1. The zero-order valence-electron chi connectivity index (χ0n) is 16.3. The molecule has 2 N–H and O–H groups in total. The number of esters is 3. The molecular weight excluding hydrogens is 368 g/mol. The Balaban J connectivity index is 0.000000354. The first kappa shape index (κ1) is 23.1. The van der Waals surface area contributed by atoms with E-state index in [1.807, 2.05) is 24.3 Å². The highest BCUT2D eigenvalue weighted by molar-refractivity contribution is 5.90. The van der Waals surface area contributed by atoms with Crippen molar-refractivity contribution in [3.63, 3.8) is 0 Å². The highest BCUT2D eigenvalue weighted by Crippen LogP contribution is 2.19. The molecule has 0 amide bonds. The normalized spacial score (nSPS) is 10.6. The second-order valence-electron chi connectivity index (χ2n) is 5.64. The maximum atomic E-state index is 11.7. The summed E-state index contributed by atoms with van der Waals surface area (Å²) in [5.74, 6) is -2.62. The van der Waals surface area contributed by atoms with Crippen LogP contribution >= 0.6 is 0 Å². The molecule has 0 aliphatic heterocycles. The summed E-state index contributed by atoms with van der Waals surface area (Å²) in [5.41, 5.74) is -0.135. The number of carbonyl (C=O) groups excluding carboxylic acids is 3. The van der Waals surface area contributed by atoms with E-state index in [9.17, 15) is 19.5 Å². The molecule has 0 saturated carbocycles. The number of ether oxygens (including phenoxy) is 3. The topological polar surface area (TPSA) is 128 Å². The van der Waals surface area contributed by atoms with E-state index in [2.05, 4.69) is 24.2 Å². The third kappa shape index (κ3) is 7.36. The number of rotatable bonds is 8. The Labute approximate surface area is 163 Å². The van der Waals surface area contributed by atoms with Crippen LogP contribution in [0.25, 0.3) is 11.0 Å². The van der Waals surface area contributed by atoms with E-state index in [-0.39, 0.29) is 19.8 Å². The summed E-state index contributed by atoms with van der Waals surface area (Å²) in [5, 5.41) is 10.1. The van der Waals surface area contributed by atoms with Crippen molar-refractivity contribution in [1.82, 2.24) is 9.97 Å². The molecule has 0 aliphatic carbocycles. The summed E-state index contributed by atoms with van der Waals surface area (Å²) < 4.78 is 14.0. The maximum Gasteiger partial charge on any atom is 0.339 e. The number of carbonyl (C=O) groups is 3. The predicted octanol–water partition coefficient (Wildman–Crippen LogP) is 1.75. The fourth-order valence-corrected chi connectivity index (χ4v) is 2.25. The quantitative estimate of drug-likeness (QED) is 0.512. The average molecular weight is 394 g/mol. The Kier molecular flexibility index (Phi) is 9.66. The van der Waals surface area contributed by atoms with Gasteiger partial charge in [0.1, 0.15) is 0 Å². The smallest absolute Gasteiger partial charge is 0.339 e. The van der Waals surface area contributed by atoms with Gasteiger partial charge in [-0.15, -0.1) is 0 Å². The maximum absolute atomic E-state index is 11.7. The number of nitrogens with zero attached hydrogens (tertiary/aromatic N) is 1. The minimum absolute atomic E-state index is 0.0206. The number of hydrogen-bond donors (Lipinski definition) is 2. The van der Waals surface area contributed by atoms with E-state index in [0.717, 1.165) is 11.0 Å². The Morgan fingerprint density at radius 3 is 2.00 bits per heavy atom. The van der Waals surface area contributed by atoms with Gasteiger partial charge in [-0.1, -0.05) is 12.1 Å². The number of aliphatic hydroxyl groups is 1. The van der Waals surface area contributed by atoms with E-state index in [0.29, 0.717) is 0 Å². The van der Waals surface area contributed by atoms with Crippen LogP contribution in [0.1, 0.15) is 33.6 Å². The van der Waals surface area contributed by atoms with Gasteiger partial charge in [0.05, 0.1) is 50.0 Å². The van der Waals surface area contributed by atoms with Crippen LogP contribution in [0.4, 0.5) is 0 Å². The van der Waals surface area contributed by atoms with Crippen molar-refractivity contribution in [1.29, 1.82) is 0 Å². The van der Waals surface area contributed by atoms with Crippen LogP contribution < -0.4 is 0 Å². The summed E-state index contributed by atoms with van der Waals surface area (Å²) in [6.07, 6.45) is 0.391. The average Bonchev–Trinajstić information content (AvgIpc) is 3.11. The van der Waals surface area contributed by atoms with Gasteiger partial charge in [0, 0.05) is 0 Å². The zero-order chi connectivity index (χ0) is 21.0. The molecule has 2 rings (SSSR count). The van der Waals surface area contributed by atoms with Crippen LogP contribution in [0.5, 0.6) is 0 Å². The lowest BCUT2D eigenvalue weighted by Gasteiger charge is -2.23. The molecule has 1 aromatic heterocycles. The van der Waals surface area contributed by atoms with Gasteiger partial charge in [0.25, 0.3) is 0 Å². The van der Waals surface area contributed by atoms with Crippen molar-refractivity contribution in [2.75, 3.05) is 19.8 Å².